The molecule has 146 valence electrons. The fourth-order valence-electron chi connectivity index (χ4n) is 1.98. The molecule has 0 aliphatic carbocycles. The smallest absolute Gasteiger partial charge is 0.402 e. The second-order valence-electron chi connectivity index (χ2n) is 5.42. The van der Waals surface area contributed by atoms with Crippen LogP contribution in [0.3, 0.4) is 0 Å². The van der Waals surface area contributed by atoms with E-state index >= 15 is 0 Å². The molecule has 2 aromatic rings. The zero-order chi connectivity index (χ0) is 19.9. The largest absolute Gasteiger partial charge is 0.493 e. The van der Waals surface area contributed by atoms with Crippen LogP contribution in [0.2, 0.25) is 0 Å². The first kappa shape index (κ1) is 20.7. The lowest BCUT2D eigenvalue weighted by molar-refractivity contribution is -0.121. The summed E-state index contributed by atoms with van der Waals surface area (Å²) in [7, 11) is -4.29. The Hall–Kier alpha value is -2.59. The molecule has 0 aliphatic rings. The highest BCUT2D eigenvalue weighted by atomic mass is 32.2. The van der Waals surface area contributed by atoms with Crippen molar-refractivity contribution in [1.29, 1.82) is 0 Å². The molecule has 0 bridgehead atoms. The standard InChI is InChI=1S/C17H17F3N2O4S/c18-17(19,20)12-21-27(24,25)15-8-6-13(7-9-15)22-16(23)10-11-26-14-4-2-1-3-5-14/h1-9,21H,10-12H2,(H,22,23). The van der Waals surface area contributed by atoms with Gasteiger partial charge < -0.3 is 10.1 Å². The van der Waals surface area contributed by atoms with Gasteiger partial charge in [0.2, 0.25) is 15.9 Å². The monoisotopic (exact) mass is 402 g/mol. The molecule has 0 aliphatic heterocycles. The number of ether oxygens (including phenoxy) is 1. The van der Waals surface area contributed by atoms with Gasteiger partial charge in [-0.15, -0.1) is 0 Å². The summed E-state index contributed by atoms with van der Waals surface area (Å²) in [5.41, 5.74) is 0.314. The number of hydrogen-bond acceptors (Lipinski definition) is 4. The number of amides is 1. The molecule has 0 heterocycles. The average molecular weight is 402 g/mol. The molecule has 1 amide bonds. The Balaban J connectivity index is 1.84. The fourth-order valence-corrected chi connectivity index (χ4v) is 2.99. The summed E-state index contributed by atoms with van der Waals surface area (Å²) in [6.45, 7) is -1.50. The topological polar surface area (TPSA) is 84.5 Å². The Labute approximate surface area is 154 Å². The van der Waals surface area contributed by atoms with Crippen molar-refractivity contribution in [2.24, 2.45) is 0 Å². The van der Waals surface area contributed by atoms with Gasteiger partial charge in [0, 0.05) is 5.69 Å². The van der Waals surface area contributed by atoms with E-state index in [1.807, 2.05) is 6.07 Å². The number of sulfonamides is 1. The molecule has 27 heavy (non-hydrogen) atoms. The maximum Gasteiger partial charge on any atom is 0.402 e. The first-order chi connectivity index (χ1) is 12.7. The lowest BCUT2D eigenvalue weighted by atomic mass is 10.3. The summed E-state index contributed by atoms with van der Waals surface area (Å²) in [6, 6.07) is 13.7. The van der Waals surface area contributed by atoms with Crippen LogP contribution < -0.4 is 14.8 Å². The molecule has 10 heteroatoms. The minimum absolute atomic E-state index is 0.0715. The molecular weight excluding hydrogens is 385 g/mol. The van der Waals surface area contributed by atoms with E-state index in [1.165, 1.54) is 16.9 Å². The van der Waals surface area contributed by atoms with Gasteiger partial charge in [-0.3, -0.25) is 4.79 Å². The maximum absolute atomic E-state index is 12.1. The highest BCUT2D eigenvalue weighted by Gasteiger charge is 2.30. The third kappa shape index (κ3) is 7.27. The maximum atomic E-state index is 12.1. The number of nitrogens with one attached hydrogen (secondary N) is 2. The first-order valence-electron chi connectivity index (χ1n) is 7.80. The van der Waals surface area contributed by atoms with Gasteiger partial charge in [0.1, 0.15) is 12.3 Å². The second kappa shape index (κ2) is 8.87. The Morgan fingerprint density at radius 3 is 2.22 bits per heavy atom. The van der Waals surface area contributed by atoms with Crippen LogP contribution in [0, 0.1) is 0 Å². The van der Waals surface area contributed by atoms with Gasteiger partial charge in [-0.1, -0.05) is 18.2 Å². The molecule has 6 nitrogen and oxygen atoms in total. The minimum Gasteiger partial charge on any atom is -0.493 e. The average Bonchev–Trinajstić information content (AvgIpc) is 2.61. The summed E-state index contributed by atoms with van der Waals surface area (Å²) >= 11 is 0. The number of rotatable bonds is 8. The molecule has 0 aromatic heterocycles. The lowest BCUT2D eigenvalue weighted by Crippen LogP contribution is -2.33. The molecule has 2 N–H and O–H groups in total. The summed E-state index contributed by atoms with van der Waals surface area (Å²) in [5.74, 6) is 0.281. The van der Waals surface area contributed by atoms with Crippen molar-refractivity contribution in [1.82, 2.24) is 4.72 Å². The summed E-state index contributed by atoms with van der Waals surface area (Å²) < 4.78 is 66.8. The van der Waals surface area contributed by atoms with E-state index in [9.17, 15) is 26.4 Å². The van der Waals surface area contributed by atoms with Crippen LogP contribution in [-0.4, -0.2) is 33.7 Å². The molecule has 0 unspecified atom stereocenters. The SMILES string of the molecule is O=C(CCOc1ccccc1)Nc1ccc(S(=O)(=O)NCC(F)(F)F)cc1. The summed E-state index contributed by atoms with van der Waals surface area (Å²) in [6.07, 6.45) is -4.58. The number of carbonyl (C=O) groups excluding carboxylic acids is 1. The van der Waals surface area contributed by atoms with Crippen LogP contribution in [0.15, 0.2) is 59.5 Å². The molecule has 2 aromatic carbocycles. The van der Waals surface area contributed by atoms with Gasteiger partial charge in [0.25, 0.3) is 0 Å². The Bertz CT molecular complexity index is 854. The molecule has 2 rings (SSSR count). The summed E-state index contributed by atoms with van der Waals surface area (Å²) in [4.78, 5) is 11.5. The van der Waals surface area contributed by atoms with Crippen LogP contribution in [0.1, 0.15) is 6.42 Å². The predicted molar refractivity (Wildman–Crippen MR) is 92.9 cm³/mol. The van der Waals surface area contributed by atoms with Crippen molar-refractivity contribution >= 4 is 21.6 Å². The number of anilines is 1. The number of halogens is 3. The van der Waals surface area contributed by atoms with E-state index in [0.29, 0.717) is 11.4 Å². The number of para-hydroxylation sites is 1. The van der Waals surface area contributed by atoms with Crippen LogP contribution >= 0.6 is 0 Å². The number of benzene rings is 2. The molecule has 0 fully saturated rings. The van der Waals surface area contributed by atoms with Crippen molar-refractivity contribution in [3.8, 4) is 5.75 Å². The Morgan fingerprint density at radius 2 is 1.63 bits per heavy atom. The van der Waals surface area contributed by atoms with Crippen LogP contribution in [0.5, 0.6) is 5.75 Å². The minimum atomic E-state index is -4.65. The normalized spacial score (nSPS) is 11.8. The van der Waals surface area contributed by atoms with Gasteiger partial charge >= 0.3 is 6.18 Å². The molecule has 0 saturated heterocycles. The van der Waals surface area contributed by atoms with Gasteiger partial charge in [-0.2, -0.15) is 13.2 Å². The van der Waals surface area contributed by atoms with E-state index in [2.05, 4.69) is 5.32 Å². The van der Waals surface area contributed by atoms with E-state index in [-0.39, 0.29) is 23.8 Å². The van der Waals surface area contributed by atoms with Crippen LogP contribution in [0.25, 0.3) is 0 Å². The van der Waals surface area contributed by atoms with Crippen molar-refractivity contribution in [3.63, 3.8) is 0 Å². The van der Waals surface area contributed by atoms with Crippen molar-refractivity contribution in [2.75, 3.05) is 18.5 Å². The molecule has 0 saturated carbocycles. The van der Waals surface area contributed by atoms with Crippen LogP contribution in [-0.2, 0) is 14.8 Å². The van der Waals surface area contributed by atoms with E-state index < -0.39 is 22.7 Å². The third-order valence-electron chi connectivity index (χ3n) is 3.25. The third-order valence-corrected chi connectivity index (χ3v) is 4.67. The van der Waals surface area contributed by atoms with Crippen molar-refractivity contribution in [3.05, 3.63) is 54.6 Å². The zero-order valence-corrected chi connectivity index (χ0v) is 14.8. The quantitative estimate of drug-likeness (QED) is 0.711. The Kier molecular flexibility index (Phi) is 6.81. The molecule has 0 atom stereocenters. The number of alkyl halides is 3. The summed E-state index contributed by atoms with van der Waals surface area (Å²) in [5, 5.41) is 2.55. The van der Waals surface area contributed by atoms with Gasteiger partial charge in [0.15, 0.2) is 0 Å². The zero-order valence-electron chi connectivity index (χ0n) is 14.0. The highest BCUT2D eigenvalue weighted by Crippen LogP contribution is 2.17. The van der Waals surface area contributed by atoms with Gasteiger partial charge in [-0.05, 0) is 36.4 Å². The van der Waals surface area contributed by atoms with E-state index in [0.717, 1.165) is 12.1 Å². The predicted octanol–water partition coefficient (Wildman–Crippen LogP) is 2.93. The van der Waals surface area contributed by atoms with Crippen molar-refractivity contribution in [2.45, 2.75) is 17.5 Å². The lowest BCUT2D eigenvalue weighted by Gasteiger charge is -2.10. The van der Waals surface area contributed by atoms with Crippen LogP contribution in [0.4, 0.5) is 18.9 Å². The first-order valence-corrected chi connectivity index (χ1v) is 9.28. The fraction of sp³-hybridized carbons (Fsp3) is 0.235. The van der Waals surface area contributed by atoms with Gasteiger partial charge in [-0.25, -0.2) is 13.1 Å². The van der Waals surface area contributed by atoms with Crippen molar-refractivity contribution < 1.29 is 31.1 Å². The molecular formula is C17H17F3N2O4S. The molecule has 0 spiro atoms. The highest BCUT2D eigenvalue weighted by molar-refractivity contribution is 7.89. The van der Waals surface area contributed by atoms with E-state index in [4.69, 9.17) is 4.74 Å². The van der Waals surface area contributed by atoms with E-state index in [1.54, 1.807) is 24.3 Å². The number of carbonyl (C=O) groups is 1. The Morgan fingerprint density at radius 1 is 1.00 bits per heavy atom. The second-order valence-corrected chi connectivity index (χ2v) is 7.19. The molecule has 0 radical (unpaired) electrons. The van der Waals surface area contributed by atoms with Gasteiger partial charge in [0.05, 0.1) is 17.9 Å². The number of hydrogen-bond donors (Lipinski definition) is 2.